The van der Waals surface area contributed by atoms with Crippen molar-refractivity contribution in [3.05, 3.63) is 50.8 Å². The van der Waals surface area contributed by atoms with E-state index in [1.807, 2.05) is 29.6 Å². The summed E-state index contributed by atoms with van der Waals surface area (Å²) in [6.45, 7) is 1.46. The van der Waals surface area contributed by atoms with Gasteiger partial charge < -0.3 is 5.11 Å². The molecule has 2 heterocycles. The second-order valence-corrected chi connectivity index (χ2v) is 6.58. The van der Waals surface area contributed by atoms with Crippen molar-refractivity contribution in [2.75, 3.05) is 0 Å². The Morgan fingerprint density at radius 2 is 2.05 bits per heavy atom. The zero-order valence-corrected chi connectivity index (χ0v) is 13.9. The summed E-state index contributed by atoms with van der Waals surface area (Å²) >= 11 is 4.75. The number of hydrogen-bond donors (Lipinski definition) is 1. The number of carboxylic acids is 1. The fourth-order valence-corrected chi connectivity index (χ4v) is 3.35. The Kier molecular flexibility index (Phi) is 3.84. The number of carboxylic acid groups (broad SMARTS) is 1. The van der Waals surface area contributed by atoms with Gasteiger partial charge in [-0.2, -0.15) is 0 Å². The van der Waals surface area contributed by atoms with Crippen LogP contribution in [0.2, 0.25) is 0 Å². The van der Waals surface area contributed by atoms with Gasteiger partial charge in [0.05, 0.1) is 11.7 Å². The average Bonchev–Trinajstić information content (AvgIpc) is 2.92. The van der Waals surface area contributed by atoms with Crippen LogP contribution in [0.3, 0.4) is 0 Å². The lowest BCUT2D eigenvalue weighted by atomic mass is 10.1. The van der Waals surface area contributed by atoms with E-state index in [0.29, 0.717) is 10.2 Å². The van der Waals surface area contributed by atoms with E-state index in [1.165, 1.54) is 24.6 Å². The average molecular weight is 379 g/mol. The maximum atomic E-state index is 12.7. The minimum absolute atomic E-state index is 0.334. The van der Waals surface area contributed by atoms with E-state index in [1.54, 1.807) is 0 Å². The zero-order chi connectivity index (χ0) is 15.9. The Balaban J connectivity index is 2.25. The van der Waals surface area contributed by atoms with E-state index in [9.17, 15) is 9.59 Å². The predicted molar refractivity (Wildman–Crippen MR) is 89.4 cm³/mol. The van der Waals surface area contributed by atoms with E-state index in [2.05, 4.69) is 20.9 Å². The highest BCUT2D eigenvalue weighted by molar-refractivity contribution is 9.10. The topological polar surface area (TPSA) is 72.2 Å². The molecule has 0 radical (unpaired) electrons. The number of carbonyl (C=O) groups is 1. The van der Waals surface area contributed by atoms with E-state index >= 15 is 0 Å². The molecule has 0 bridgehead atoms. The predicted octanol–water partition coefficient (Wildman–Crippen LogP) is 3.53. The maximum absolute atomic E-state index is 12.7. The first-order valence-electron chi connectivity index (χ1n) is 6.46. The van der Waals surface area contributed by atoms with Crippen LogP contribution in [-0.2, 0) is 4.79 Å². The van der Waals surface area contributed by atoms with Crippen LogP contribution < -0.4 is 5.56 Å². The van der Waals surface area contributed by atoms with Crippen LogP contribution in [0.1, 0.15) is 13.0 Å². The van der Waals surface area contributed by atoms with Crippen LogP contribution >= 0.6 is 27.3 Å². The molecule has 1 atom stereocenters. The van der Waals surface area contributed by atoms with Gasteiger partial charge in [-0.25, -0.2) is 9.78 Å². The van der Waals surface area contributed by atoms with Crippen molar-refractivity contribution in [3.63, 3.8) is 0 Å². The van der Waals surface area contributed by atoms with Crippen LogP contribution in [0.25, 0.3) is 21.3 Å². The molecule has 0 spiro atoms. The summed E-state index contributed by atoms with van der Waals surface area (Å²) in [6, 6.07) is 6.65. The molecule has 3 rings (SSSR count). The van der Waals surface area contributed by atoms with Crippen molar-refractivity contribution < 1.29 is 9.90 Å². The molecule has 2 aromatic heterocycles. The molecule has 3 aromatic rings. The summed E-state index contributed by atoms with van der Waals surface area (Å²) in [5.41, 5.74) is 1.34. The highest BCUT2D eigenvalue weighted by Gasteiger charge is 2.19. The smallest absolute Gasteiger partial charge is 0.326 e. The summed E-state index contributed by atoms with van der Waals surface area (Å²) in [5.74, 6) is -1.07. The fourth-order valence-electron chi connectivity index (χ4n) is 2.18. The number of hydrogen-bond acceptors (Lipinski definition) is 4. The summed E-state index contributed by atoms with van der Waals surface area (Å²) < 4.78 is 2.10. The number of halogens is 1. The number of fused-ring (bicyclic) bond motifs is 1. The molecule has 0 fully saturated rings. The van der Waals surface area contributed by atoms with Gasteiger partial charge in [-0.15, -0.1) is 11.3 Å². The molecular formula is C15H11BrN2O3S. The summed E-state index contributed by atoms with van der Waals surface area (Å²) in [7, 11) is 0. The van der Waals surface area contributed by atoms with Crippen molar-refractivity contribution in [3.8, 4) is 11.1 Å². The lowest BCUT2D eigenvalue weighted by Gasteiger charge is -2.10. The molecule has 0 amide bonds. The number of rotatable bonds is 3. The fraction of sp³-hybridized carbons (Fsp3) is 0.133. The van der Waals surface area contributed by atoms with Crippen LogP contribution in [-0.4, -0.2) is 20.6 Å². The van der Waals surface area contributed by atoms with Gasteiger partial charge in [0.2, 0.25) is 0 Å². The molecular weight excluding hydrogens is 368 g/mol. The number of aliphatic carboxylic acids is 1. The minimum atomic E-state index is -1.07. The van der Waals surface area contributed by atoms with Crippen molar-refractivity contribution in [1.82, 2.24) is 9.55 Å². The highest BCUT2D eigenvalue weighted by atomic mass is 79.9. The third-order valence-electron chi connectivity index (χ3n) is 3.45. The van der Waals surface area contributed by atoms with E-state index in [-0.39, 0.29) is 5.56 Å². The van der Waals surface area contributed by atoms with Gasteiger partial charge >= 0.3 is 5.97 Å². The first-order valence-corrected chi connectivity index (χ1v) is 8.13. The number of nitrogens with zero attached hydrogens (tertiary/aromatic N) is 2. The maximum Gasteiger partial charge on any atom is 0.326 e. The Morgan fingerprint density at radius 3 is 2.68 bits per heavy atom. The van der Waals surface area contributed by atoms with E-state index in [4.69, 9.17) is 5.11 Å². The van der Waals surface area contributed by atoms with Gasteiger partial charge in [-0.05, 0) is 24.6 Å². The summed E-state index contributed by atoms with van der Waals surface area (Å²) in [4.78, 5) is 28.6. The Hall–Kier alpha value is -1.99. The standard InChI is InChI=1S/C15H11BrN2O3S/c1-8(15(20)21)18-7-17-13-12(14(18)19)11(6-22-13)9-2-4-10(16)5-3-9/h2-8H,1H3,(H,20,21)/t8-/m1/s1. The monoisotopic (exact) mass is 378 g/mol. The molecule has 0 saturated carbocycles. The first kappa shape index (κ1) is 14.9. The normalized spacial score (nSPS) is 12.5. The van der Waals surface area contributed by atoms with Crippen molar-refractivity contribution in [1.29, 1.82) is 0 Å². The van der Waals surface area contributed by atoms with E-state index < -0.39 is 12.0 Å². The molecule has 7 heteroatoms. The minimum Gasteiger partial charge on any atom is -0.480 e. The molecule has 1 aromatic carbocycles. The molecule has 0 aliphatic heterocycles. The van der Waals surface area contributed by atoms with E-state index in [0.717, 1.165) is 20.2 Å². The number of benzene rings is 1. The molecule has 0 aliphatic carbocycles. The second-order valence-electron chi connectivity index (χ2n) is 4.81. The Bertz CT molecular complexity index is 915. The molecule has 22 heavy (non-hydrogen) atoms. The quantitative estimate of drug-likeness (QED) is 0.756. The van der Waals surface area contributed by atoms with Gasteiger partial charge in [0, 0.05) is 15.4 Å². The lowest BCUT2D eigenvalue weighted by Crippen LogP contribution is -2.28. The van der Waals surface area contributed by atoms with Crippen molar-refractivity contribution in [2.45, 2.75) is 13.0 Å². The van der Waals surface area contributed by atoms with Crippen LogP contribution in [0.4, 0.5) is 0 Å². The van der Waals surface area contributed by atoms with Crippen LogP contribution in [0.15, 0.2) is 45.2 Å². The molecule has 112 valence electrons. The van der Waals surface area contributed by atoms with Gasteiger partial charge in [0.25, 0.3) is 5.56 Å². The number of aromatic nitrogens is 2. The van der Waals surface area contributed by atoms with Gasteiger partial charge in [-0.3, -0.25) is 9.36 Å². The van der Waals surface area contributed by atoms with Gasteiger partial charge in [0.15, 0.2) is 0 Å². The molecule has 1 N–H and O–H groups in total. The van der Waals surface area contributed by atoms with Gasteiger partial charge in [0.1, 0.15) is 10.9 Å². The van der Waals surface area contributed by atoms with Gasteiger partial charge in [-0.1, -0.05) is 28.1 Å². The molecule has 0 aliphatic rings. The first-order chi connectivity index (χ1) is 10.5. The summed E-state index contributed by atoms with van der Waals surface area (Å²) in [5, 5.41) is 11.4. The van der Waals surface area contributed by atoms with Crippen molar-refractivity contribution in [2.24, 2.45) is 0 Å². The highest BCUT2D eigenvalue weighted by Crippen LogP contribution is 2.31. The van der Waals surface area contributed by atoms with Crippen LogP contribution in [0, 0.1) is 0 Å². The third-order valence-corrected chi connectivity index (χ3v) is 4.86. The van der Waals surface area contributed by atoms with Crippen LogP contribution in [0.5, 0.6) is 0 Å². The van der Waals surface area contributed by atoms with Crippen molar-refractivity contribution >= 4 is 43.5 Å². The Labute approximate surface area is 138 Å². The summed E-state index contributed by atoms with van der Waals surface area (Å²) in [6.07, 6.45) is 1.30. The molecule has 0 saturated heterocycles. The lowest BCUT2D eigenvalue weighted by molar-refractivity contribution is -0.140. The molecule has 0 unspecified atom stereocenters. The zero-order valence-electron chi connectivity index (χ0n) is 11.5. The SMILES string of the molecule is C[C@H](C(=O)O)n1cnc2scc(-c3ccc(Br)cc3)c2c1=O. The third kappa shape index (κ3) is 2.46. The largest absolute Gasteiger partial charge is 0.480 e. The Morgan fingerprint density at radius 1 is 1.36 bits per heavy atom. The molecule has 5 nitrogen and oxygen atoms in total. The number of thiophene rings is 1. The second kappa shape index (κ2) is 5.66.